The van der Waals surface area contributed by atoms with Crippen molar-refractivity contribution in [3.63, 3.8) is 0 Å². The predicted octanol–water partition coefficient (Wildman–Crippen LogP) is 6.84. The second-order valence-corrected chi connectivity index (χ2v) is 11.8. The van der Waals surface area contributed by atoms with E-state index in [0.29, 0.717) is 39.5 Å². The van der Waals surface area contributed by atoms with Crippen LogP contribution in [0.1, 0.15) is 41.5 Å². The van der Waals surface area contributed by atoms with Gasteiger partial charge in [0, 0.05) is 29.1 Å². The first kappa shape index (κ1) is 29.3. The lowest BCUT2D eigenvalue weighted by molar-refractivity contribution is 0.0529. The monoisotopic (exact) mass is 582 g/mol. The molecular weight excluding hydrogens is 548 g/mol. The van der Waals surface area contributed by atoms with Crippen LogP contribution in [0.5, 0.6) is 5.75 Å². The van der Waals surface area contributed by atoms with Crippen molar-refractivity contribution >= 4 is 12.2 Å². The van der Waals surface area contributed by atoms with Crippen molar-refractivity contribution in [1.82, 2.24) is 29.3 Å². The van der Waals surface area contributed by atoms with Gasteiger partial charge in [0.15, 0.2) is 0 Å². The van der Waals surface area contributed by atoms with E-state index in [0.717, 1.165) is 0 Å². The van der Waals surface area contributed by atoms with Crippen LogP contribution in [0.25, 0.3) is 39.6 Å². The molecule has 0 fully saturated rings. The molecule has 0 aliphatic rings. The minimum atomic E-state index is -0.694. The average molecular weight is 583 g/mol. The number of hydrogen-bond acceptors (Lipinski definition) is 8. The number of carbonyl (C=O) groups excluding carboxylic acids is 2. The largest absolute Gasteiger partial charge is 0.497 e. The van der Waals surface area contributed by atoms with E-state index in [9.17, 15) is 9.59 Å². The Balaban J connectivity index is 1.70. The summed E-state index contributed by atoms with van der Waals surface area (Å²) >= 11 is 0. The highest BCUT2D eigenvalue weighted by Crippen LogP contribution is 2.39. The van der Waals surface area contributed by atoms with Crippen LogP contribution in [-0.2, 0) is 9.47 Å². The van der Waals surface area contributed by atoms with Gasteiger partial charge < -0.3 is 14.2 Å². The molecule has 0 radical (unpaired) electrons. The summed E-state index contributed by atoms with van der Waals surface area (Å²) in [7, 11) is 1.60. The summed E-state index contributed by atoms with van der Waals surface area (Å²) in [6.07, 6.45) is 2.22. The first-order valence-corrected chi connectivity index (χ1v) is 13.7. The lowest BCUT2D eigenvalue weighted by Gasteiger charge is -2.22. The van der Waals surface area contributed by atoms with Gasteiger partial charge in [0.05, 0.1) is 24.2 Å². The van der Waals surface area contributed by atoms with Crippen molar-refractivity contribution in [2.45, 2.75) is 52.7 Å². The third kappa shape index (κ3) is 6.35. The highest BCUT2D eigenvalue weighted by molar-refractivity contribution is 5.94. The molecule has 5 aromatic rings. The van der Waals surface area contributed by atoms with Crippen molar-refractivity contribution in [2.24, 2.45) is 0 Å². The topological polar surface area (TPSA) is 115 Å². The zero-order chi connectivity index (χ0) is 30.9. The molecule has 5 rings (SSSR count). The smallest absolute Gasteiger partial charge is 0.418 e. The van der Waals surface area contributed by atoms with E-state index in [4.69, 9.17) is 19.3 Å². The number of tetrazole rings is 1. The van der Waals surface area contributed by atoms with E-state index in [1.807, 2.05) is 84.0 Å². The van der Waals surface area contributed by atoms with E-state index in [1.54, 1.807) is 43.8 Å². The van der Waals surface area contributed by atoms with Crippen molar-refractivity contribution in [1.29, 1.82) is 0 Å². The Morgan fingerprint density at radius 2 is 1.21 bits per heavy atom. The molecule has 222 valence electrons. The van der Waals surface area contributed by atoms with Gasteiger partial charge in [-0.3, -0.25) is 9.13 Å². The van der Waals surface area contributed by atoms with Crippen LogP contribution in [0, 0.1) is 0 Å². The van der Waals surface area contributed by atoms with Crippen LogP contribution in [-0.4, -0.2) is 59.8 Å². The molecular formula is C32H34N6O5. The summed E-state index contributed by atoms with van der Waals surface area (Å²) in [5, 5.41) is 13.4. The number of benzene rings is 2. The fourth-order valence-corrected chi connectivity index (χ4v) is 4.50. The minimum absolute atomic E-state index is 0.287. The molecule has 0 atom stereocenters. The Hall–Kier alpha value is -5.19. The van der Waals surface area contributed by atoms with Gasteiger partial charge in [-0.2, -0.15) is 0 Å². The molecule has 0 saturated carbocycles. The van der Waals surface area contributed by atoms with Crippen LogP contribution < -0.4 is 4.74 Å². The van der Waals surface area contributed by atoms with Crippen molar-refractivity contribution in [2.75, 3.05) is 7.11 Å². The lowest BCUT2D eigenvalue weighted by atomic mass is 9.96. The third-order valence-corrected chi connectivity index (χ3v) is 6.23. The second kappa shape index (κ2) is 11.2. The van der Waals surface area contributed by atoms with E-state index in [-0.39, 0.29) is 5.82 Å². The summed E-state index contributed by atoms with van der Waals surface area (Å²) in [5.74, 6) is 0.984. The highest BCUT2D eigenvalue weighted by atomic mass is 16.6. The number of ether oxygens (including phenoxy) is 3. The Morgan fingerprint density at radius 3 is 1.67 bits per heavy atom. The molecule has 0 N–H and O–H groups in total. The molecule has 2 aromatic carbocycles. The number of aromatic nitrogens is 6. The van der Waals surface area contributed by atoms with Crippen LogP contribution in [0.2, 0.25) is 0 Å². The summed E-state index contributed by atoms with van der Waals surface area (Å²) in [6, 6.07) is 20.0. The fourth-order valence-electron chi connectivity index (χ4n) is 4.50. The van der Waals surface area contributed by atoms with E-state index < -0.39 is 23.4 Å². The zero-order valence-corrected chi connectivity index (χ0v) is 25.2. The molecule has 0 aliphatic heterocycles. The molecule has 0 bridgehead atoms. The Labute approximate surface area is 249 Å². The second-order valence-electron chi connectivity index (χ2n) is 11.8. The maximum absolute atomic E-state index is 13.2. The van der Waals surface area contributed by atoms with Crippen LogP contribution in [0.15, 0.2) is 79.1 Å². The van der Waals surface area contributed by atoms with E-state index in [2.05, 4.69) is 10.3 Å². The molecule has 11 nitrogen and oxygen atoms in total. The maximum atomic E-state index is 13.2. The predicted molar refractivity (Wildman–Crippen MR) is 161 cm³/mol. The number of nitrogens with zero attached hydrogens (tertiary/aromatic N) is 6. The molecule has 3 aromatic heterocycles. The Kier molecular flexibility index (Phi) is 7.66. The Bertz CT molecular complexity index is 1680. The zero-order valence-electron chi connectivity index (χ0n) is 25.2. The molecule has 0 amide bonds. The van der Waals surface area contributed by atoms with Gasteiger partial charge in [-0.25, -0.2) is 9.59 Å². The lowest BCUT2D eigenvalue weighted by Crippen LogP contribution is -2.27. The summed E-state index contributed by atoms with van der Waals surface area (Å²) < 4.78 is 19.5. The molecule has 11 heteroatoms. The summed E-state index contributed by atoms with van der Waals surface area (Å²) in [4.78, 5) is 27.8. The quantitative estimate of drug-likeness (QED) is 0.221. The average Bonchev–Trinajstić information content (AvgIpc) is 3.71. The maximum Gasteiger partial charge on any atom is 0.418 e. The van der Waals surface area contributed by atoms with Crippen LogP contribution in [0.3, 0.4) is 0 Å². The molecule has 0 aliphatic carbocycles. The molecule has 0 unspecified atom stereocenters. The Morgan fingerprint density at radius 1 is 0.698 bits per heavy atom. The first-order valence-electron chi connectivity index (χ1n) is 13.7. The third-order valence-electron chi connectivity index (χ3n) is 6.23. The first-order chi connectivity index (χ1) is 20.3. The van der Waals surface area contributed by atoms with Crippen molar-refractivity contribution in [3.8, 4) is 45.3 Å². The van der Waals surface area contributed by atoms with Gasteiger partial charge in [-0.1, -0.05) is 18.2 Å². The van der Waals surface area contributed by atoms with Crippen molar-refractivity contribution < 1.29 is 23.8 Å². The van der Waals surface area contributed by atoms with Crippen LogP contribution in [0.4, 0.5) is 9.59 Å². The van der Waals surface area contributed by atoms with Crippen molar-refractivity contribution in [3.05, 3.63) is 79.1 Å². The highest BCUT2D eigenvalue weighted by Gasteiger charge is 2.27. The van der Waals surface area contributed by atoms with E-state index in [1.165, 1.54) is 13.9 Å². The van der Waals surface area contributed by atoms with Gasteiger partial charge in [0.2, 0.25) is 5.82 Å². The minimum Gasteiger partial charge on any atom is -0.497 e. The molecule has 0 spiro atoms. The fraction of sp³-hybridized carbons (Fsp3) is 0.281. The van der Waals surface area contributed by atoms with Crippen LogP contribution >= 0.6 is 0 Å². The number of methoxy groups -OCH3 is 1. The summed E-state index contributed by atoms with van der Waals surface area (Å²) in [6.45, 7) is 10.9. The van der Waals surface area contributed by atoms with Gasteiger partial charge in [-0.05, 0) is 95.3 Å². The van der Waals surface area contributed by atoms with Gasteiger partial charge in [-0.15, -0.1) is 15.0 Å². The SMILES string of the molecule is COc1ccc(-n2nnc(-c3c(-c4cccn4C(=O)OC(C)(C)C)cccc3-c3cccn3C(=O)OC(C)(C)C)n2)cc1. The number of carbonyl (C=O) groups is 2. The molecule has 43 heavy (non-hydrogen) atoms. The van der Waals surface area contributed by atoms with Gasteiger partial charge >= 0.3 is 12.2 Å². The standard InChI is InChI=1S/C32H34N6O5/c1-31(2,3)42-29(39)36-19-9-13-25(36)23-11-8-12-24(26-14-10-20-37(26)30(40)43-32(4,5)6)27(23)28-33-35-38(34-28)21-15-17-22(41-7)18-16-21/h8-20H,1-7H3. The molecule has 0 saturated heterocycles. The van der Waals surface area contributed by atoms with Gasteiger partial charge in [0.1, 0.15) is 17.0 Å². The number of hydrogen-bond donors (Lipinski definition) is 0. The normalized spacial score (nSPS) is 11.8. The van der Waals surface area contributed by atoms with E-state index >= 15 is 0 Å². The molecule has 3 heterocycles. The summed E-state index contributed by atoms with van der Waals surface area (Å²) in [5.41, 5.74) is 2.24. The number of rotatable bonds is 5. The van der Waals surface area contributed by atoms with Gasteiger partial charge in [0.25, 0.3) is 0 Å².